The minimum absolute atomic E-state index is 0.0643. The zero-order chi connectivity index (χ0) is 22.0. The number of alkyl carbamates (subject to hydrolysis) is 1. The van der Waals surface area contributed by atoms with Crippen molar-refractivity contribution in [3.8, 4) is 11.1 Å². The first-order chi connectivity index (χ1) is 14.2. The fraction of sp³-hybridized carbons (Fsp3) is 0.348. The van der Waals surface area contributed by atoms with E-state index in [-0.39, 0.29) is 29.7 Å². The number of ether oxygens (including phenoxy) is 1. The molecule has 0 fully saturated rings. The lowest BCUT2D eigenvalue weighted by molar-refractivity contribution is -0.117. The van der Waals surface area contributed by atoms with Gasteiger partial charge in [0.05, 0.1) is 17.7 Å². The summed E-state index contributed by atoms with van der Waals surface area (Å²) < 4.78 is 5.24. The van der Waals surface area contributed by atoms with Gasteiger partial charge in [0.15, 0.2) is 0 Å². The van der Waals surface area contributed by atoms with Gasteiger partial charge in [0, 0.05) is 18.7 Å². The van der Waals surface area contributed by atoms with Crippen LogP contribution in [0.5, 0.6) is 0 Å². The summed E-state index contributed by atoms with van der Waals surface area (Å²) in [7, 11) is 0. The number of anilines is 1. The first-order valence-electron chi connectivity index (χ1n) is 9.92. The van der Waals surface area contributed by atoms with E-state index in [4.69, 9.17) is 9.84 Å². The van der Waals surface area contributed by atoms with Crippen LogP contribution in [-0.4, -0.2) is 35.2 Å². The molecule has 0 aliphatic carbocycles. The summed E-state index contributed by atoms with van der Waals surface area (Å²) >= 11 is 0. The lowest BCUT2D eigenvalue weighted by Gasteiger charge is -2.39. The normalized spacial score (nSPS) is 18.0. The number of carboxylic acid groups (broad SMARTS) is 1. The third-order valence-electron chi connectivity index (χ3n) is 5.12. The smallest absolute Gasteiger partial charge is 0.407 e. The van der Waals surface area contributed by atoms with Crippen LogP contribution in [0.25, 0.3) is 11.1 Å². The lowest BCUT2D eigenvalue weighted by Crippen LogP contribution is -2.45. The van der Waals surface area contributed by atoms with Gasteiger partial charge in [0.2, 0.25) is 5.91 Å². The Morgan fingerprint density at radius 1 is 1.10 bits per heavy atom. The van der Waals surface area contributed by atoms with Crippen molar-refractivity contribution in [1.82, 2.24) is 5.32 Å². The van der Waals surface area contributed by atoms with Gasteiger partial charge in [-0.2, -0.15) is 0 Å². The number of hydrogen-bond acceptors (Lipinski definition) is 4. The van der Waals surface area contributed by atoms with Gasteiger partial charge in [0.1, 0.15) is 0 Å². The number of nitrogens with one attached hydrogen (secondary N) is 1. The van der Waals surface area contributed by atoms with Crippen LogP contribution in [0.4, 0.5) is 10.5 Å². The summed E-state index contributed by atoms with van der Waals surface area (Å²) in [6.45, 7) is 7.05. The molecule has 2 N–H and O–H groups in total. The zero-order valence-corrected chi connectivity index (χ0v) is 17.5. The standard InChI is InChI=1S/C23H26N2O5/c1-13(2)30-23(29)24-20-11-14(3)25(15(4)26)21-10-9-18(12-19(20)21)16-5-7-17(8-6-16)22(27)28/h5-10,12-14,20H,11H2,1-4H3,(H,24,29)(H,27,28). The van der Waals surface area contributed by atoms with Crippen molar-refractivity contribution in [3.05, 3.63) is 53.6 Å². The van der Waals surface area contributed by atoms with E-state index in [1.807, 2.05) is 25.1 Å². The summed E-state index contributed by atoms with van der Waals surface area (Å²) in [5, 5.41) is 12.0. The number of fused-ring (bicyclic) bond motifs is 1. The molecule has 7 nitrogen and oxygen atoms in total. The quantitative estimate of drug-likeness (QED) is 0.780. The van der Waals surface area contributed by atoms with E-state index in [2.05, 4.69) is 5.32 Å². The molecule has 0 bridgehead atoms. The Morgan fingerprint density at radius 2 is 1.73 bits per heavy atom. The number of nitrogens with zero attached hydrogens (tertiary/aromatic N) is 1. The molecule has 0 saturated carbocycles. The summed E-state index contributed by atoms with van der Waals surface area (Å²) in [6.07, 6.45) is -0.180. The minimum Gasteiger partial charge on any atom is -0.478 e. The third-order valence-corrected chi connectivity index (χ3v) is 5.12. The van der Waals surface area contributed by atoms with Crippen molar-refractivity contribution in [2.45, 2.75) is 52.3 Å². The average Bonchev–Trinajstić information content (AvgIpc) is 2.66. The maximum absolute atomic E-state index is 12.3. The fourth-order valence-corrected chi connectivity index (χ4v) is 3.86. The number of carbonyl (C=O) groups excluding carboxylic acids is 2. The van der Waals surface area contributed by atoms with Crippen LogP contribution in [0.1, 0.15) is 56.1 Å². The van der Waals surface area contributed by atoms with E-state index in [0.717, 1.165) is 22.4 Å². The highest BCUT2D eigenvalue weighted by molar-refractivity contribution is 5.94. The second-order valence-electron chi connectivity index (χ2n) is 7.78. The highest BCUT2D eigenvalue weighted by Gasteiger charge is 2.33. The van der Waals surface area contributed by atoms with Crippen molar-refractivity contribution in [1.29, 1.82) is 0 Å². The van der Waals surface area contributed by atoms with E-state index >= 15 is 0 Å². The predicted molar refractivity (Wildman–Crippen MR) is 114 cm³/mol. The number of carboxylic acids is 1. The zero-order valence-electron chi connectivity index (χ0n) is 17.5. The van der Waals surface area contributed by atoms with Crippen LogP contribution in [0.3, 0.4) is 0 Å². The van der Waals surface area contributed by atoms with Crippen molar-refractivity contribution in [2.75, 3.05) is 4.90 Å². The molecule has 2 unspecified atom stereocenters. The van der Waals surface area contributed by atoms with Gasteiger partial charge >= 0.3 is 12.1 Å². The van der Waals surface area contributed by atoms with Crippen LogP contribution in [0.2, 0.25) is 0 Å². The molecule has 158 valence electrons. The summed E-state index contributed by atoms with van der Waals surface area (Å²) in [5.74, 6) is -1.04. The van der Waals surface area contributed by atoms with E-state index in [9.17, 15) is 14.4 Å². The Hall–Kier alpha value is -3.35. The van der Waals surface area contributed by atoms with Gasteiger partial charge in [-0.25, -0.2) is 9.59 Å². The Balaban J connectivity index is 2.01. The number of hydrogen-bond donors (Lipinski definition) is 2. The first kappa shape index (κ1) is 21.4. The van der Waals surface area contributed by atoms with Crippen molar-refractivity contribution in [2.24, 2.45) is 0 Å². The topological polar surface area (TPSA) is 95.9 Å². The molecule has 3 rings (SSSR count). The molecule has 2 aromatic carbocycles. The number of amides is 2. The molecule has 0 radical (unpaired) electrons. The molecule has 7 heteroatoms. The molecule has 1 aliphatic heterocycles. The predicted octanol–water partition coefficient (Wildman–Crippen LogP) is 4.37. The van der Waals surface area contributed by atoms with Gasteiger partial charge < -0.3 is 20.1 Å². The van der Waals surface area contributed by atoms with Crippen molar-refractivity contribution < 1.29 is 24.2 Å². The molecule has 2 atom stereocenters. The Labute approximate surface area is 175 Å². The fourth-order valence-electron chi connectivity index (χ4n) is 3.86. The molecular weight excluding hydrogens is 384 g/mol. The molecule has 1 heterocycles. The molecule has 2 amide bonds. The van der Waals surface area contributed by atoms with Gasteiger partial charge in [0.25, 0.3) is 0 Å². The van der Waals surface area contributed by atoms with Crippen LogP contribution in [0, 0.1) is 0 Å². The minimum atomic E-state index is -0.981. The maximum atomic E-state index is 12.3. The Morgan fingerprint density at radius 3 is 2.30 bits per heavy atom. The Bertz CT molecular complexity index is 968. The maximum Gasteiger partial charge on any atom is 0.407 e. The summed E-state index contributed by atoms with van der Waals surface area (Å²) in [4.78, 5) is 37.3. The number of rotatable bonds is 4. The van der Waals surface area contributed by atoms with Crippen LogP contribution in [-0.2, 0) is 9.53 Å². The van der Waals surface area contributed by atoms with Crippen LogP contribution >= 0.6 is 0 Å². The first-order valence-corrected chi connectivity index (χ1v) is 9.92. The number of benzene rings is 2. The third kappa shape index (κ3) is 4.45. The van der Waals surface area contributed by atoms with E-state index < -0.39 is 12.1 Å². The second-order valence-corrected chi connectivity index (χ2v) is 7.78. The van der Waals surface area contributed by atoms with Crippen molar-refractivity contribution >= 4 is 23.7 Å². The Kier molecular flexibility index (Phi) is 6.10. The highest BCUT2D eigenvalue weighted by Crippen LogP contribution is 2.39. The highest BCUT2D eigenvalue weighted by atomic mass is 16.6. The number of aromatic carboxylic acids is 1. The molecule has 30 heavy (non-hydrogen) atoms. The van der Waals surface area contributed by atoms with Gasteiger partial charge in [-0.15, -0.1) is 0 Å². The molecule has 0 saturated heterocycles. The van der Waals surface area contributed by atoms with Crippen LogP contribution in [0.15, 0.2) is 42.5 Å². The van der Waals surface area contributed by atoms with E-state index in [0.29, 0.717) is 6.42 Å². The van der Waals surface area contributed by atoms with Gasteiger partial charge in [-0.3, -0.25) is 4.79 Å². The molecular formula is C23H26N2O5. The average molecular weight is 410 g/mol. The summed E-state index contributed by atoms with van der Waals surface area (Å²) in [5.41, 5.74) is 3.50. The molecule has 0 aromatic heterocycles. The van der Waals surface area contributed by atoms with E-state index in [1.54, 1.807) is 43.0 Å². The monoisotopic (exact) mass is 410 g/mol. The van der Waals surface area contributed by atoms with E-state index in [1.165, 1.54) is 6.92 Å². The molecule has 0 spiro atoms. The van der Waals surface area contributed by atoms with Gasteiger partial charge in [-0.05, 0) is 68.1 Å². The molecule has 1 aliphatic rings. The van der Waals surface area contributed by atoms with Gasteiger partial charge in [-0.1, -0.05) is 18.2 Å². The number of carbonyl (C=O) groups is 3. The van der Waals surface area contributed by atoms with Crippen molar-refractivity contribution in [3.63, 3.8) is 0 Å². The SMILES string of the molecule is CC(=O)N1c2ccc(-c3ccc(C(=O)O)cc3)cc2C(NC(=O)OC(C)C)CC1C. The second kappa shape index (κ2) is 8.57. The largest absolute Gasteiger partial charge is 0.478 e. The summed E-state index contributed by atoms with van der Waals surface area (Å²) in [6, 6.07) is 11.9. The molecule has 2 aromatic rings. The van der Waals surface area contributed by atoms with Crippen LogP contribution < -0.4 is 10.2 Å². The lowest BCUT2D eigenvalue weighted by atomic mass is 9.89.